The third-order valence-electron chi connectivity index (χ3n) is 0.270. The van der Waals surface area contributed by atoms with E-state index in [4.69, 9.17) is 5.11 Å². The van der Waals surface area contributed by atoms with Crippen molar-refractivity contribution in [3.8, 4) is 0 Å². The Morgan fingerprint density at radius 2 is 1.62 bits per heavy atom. The van der Waals surface area contributed by atoms with Crippen LogP contribution in [0.25, 0.3) is 0 Å². The van der Waals surface area contributed by atoms with Crippen LogP contribution in [-0.2, 0) is 0 Å². The van der Waals surface area contributed by atoms with Crippen molar-refractivity contribution in [1.29, 1.82) is 0 Å². The fourth-order valence-corrected chi connectivity index (χ4v) is 0. The number of aliphatic hydroxyl groups is 1. The van der Waals surface area contributed by atoms with Gasteiger partial charge in [0.1, 0.15) is 0 Å². The first kappa shape index (κ1) is 15.6. The van der Waals surface area contributed by atoms with E-state index < -0.39 is 0 Å². The van der Waals surface area contributed by atoms with Crippen molar-refractivity contribution < 1.29 is 10.6 Å². The molecule has 0 fully saturated rings. The lowest BCUT2D eigenvalue weighted by Gasteiger charge is -1.79. The molecular weight excluding hydrogens is 104 g/mol. The highest BCUT2D eigenvalue weighted by Gasteiger charge is 1.69. The summed E-state index contributed by atoms with van der Waals surface area (Å²) in [7, 11) is 0. The van der Waals surface area contributed by atoms with Gasteiger partial charge in [0.15, 0.2) is 0 Å². The van der Waals surface area contributed by atoms with Gasteiger partial charge < -0.3 is 10.6 Å². The van der Waals surface area contributed by atoms with Crippen LogP contribution in [0, 0.1) is 0 Å². The van der Waals surface area contributed by atoms with Crippen LogP contribution in [0.4, 0.5) is 0 Å². The number of aliphatic hydroxyl groups excluding tert-OH is 1. The standard InChI is InChI=1S/C4H8O.C2H6.H2O/c1-4(2)3-5;1-2;/h5H,1,3H2,2H3;1-2H3;1H2. The molecule has 0 atom stereocenters. The molecule has 0 aliphatic carbocycles. The Labute approximate surface area is 51.2 Å². The fourth-order valence-electron chi connectivity index (χ4n) is 0. The first-order valence-electron chi connectivity index (χ1n) is 2.52. The Balaban J connectivity index is -0.0000000750. The van der Waals surface area contributed by atoms with E-state index in [-0.39, 0.29) is 12.1 Å². The Hall–Kier alpha value is -0.340. The zero-order valence-corrected chi connectivity index (χ0v) is 5.86. The van der Waals surface area contributed by atoms with E-state index in [1.807, 2.05) is 13.8 Å². The highest BCUT2D eigenvalue weighted by Crippen LogP contribution is 1.76. The molecule has 0 rings (SSSR count). The minimum atomic E-state index is 0. The van der Waals surface area contributed by atoms with Crippen LogP contribution in [-0.4, -0.2) is 17.2 Å². The lowest BCUT2D eigenvalue weighted by atomic mass is 10.4. The normalized spacial score (nSPS) is 5.50. The van der Waals surface area contributed by atoms with Crippen molar-refractivity contribution >= 4 is 0 Å². The van der Waals surface area contributed by atoms with E-state index in [1.165, 1.54) is 0 Å². The van der Waals surface area contributed by atoms with E-state index in [0.717, 1.165) is 5.57 Å². The predicted molar refractivity (Wildman–Crippen MR) is 36.9 cm³/mol. The molecule has 0 spiro atoms. The summed E-state index contributed by atoms with van der Waals surface area (Å²) >= 11 is 0. The summed E-state index contributed by atoms with van der Waals surface area (Å²) in [5.41, 5.74) is 0.810. The molecule has 0 radical (unpaired) electrons. The van der Waals surface area contributed by atoms with Gasteiger partial charge in [0, 0.05) is 0 Å². The second kappa shape index (κ2) is 15.9. The summed E-state index contributed by atoms with van der Waals surface area (Å²) in [5.74, 6) is 0. The van der Waals surface area contributed by atoms with Crippen LogP contribution in [0.3, 0.4) is 0 Å². The first-order valence-corrected chi connectivity index (χ1v) is 2.52. The molecule has 0 unspecified atom stereocenters. The Morgan fingerprint density at radius 3 is 1.62 bits per heavy atom. The van der Waals surface area contributed by atoms with Crippen molar-refractivity contribution in [3.63, 3.8) is 0 Å². The van der Waals surface area contributed by atoms with Gasteiger partial charge in [0.25, 0.3) is 0 Å². The van der Waals surface area contributed by atoms with E-state index in [1.54, 1.807) is 6.92 Å². The van der Waals surface area contributed by atoms with Gasteiger partial charge in [-0.15, -0.1) is 0 Å². The van der Waals surface area contributed by atoms with Crippen molar-refractivity contribution in [1.82, 2.24) is 0 Å². The van der Waals surface area contributed by atoms with Crippen LogP contribution >= 0.6 is 0 Å². The maximum absolute atomic E-state index is 8.04. The first-order chi connectivity index (χ1) is 3.27. The zero-order chi connectivity index (χ0) is 6.28. The maximum atomic E-state index is 8.04. The van der Waals surface area contributed by atoms with Crippen LogP contribution < -0.4 is 0 Å². The molecule has 3 N–H and O–H groups in total. The quantitative estimate of drug-likeness (QED) is 0.510. The summed E-state index contributed by atoms with van der Waals surface area (Å²) in [6.45, 7) is 9.31. The average Bonchev–Trinajstić information content (AvgIpc) is 1.73. The Bertz CT molecular complexity index is 41.8. The van der Waals surface area contributed by atoms with Gasteiger partial charge in [-0.1, -0.05) is 26.0 Å². The van der Waals surface area contributed by atoms with Gasteiger partial charge in [0.2, 0.25) is 0 Å². The molecule has 52 valence electrons. The molecule has 8 heavy (non-hydrogen) atoms. The molecule has 0 amide bonds. The zero-order valence-electron chi connectivity index (χ0n) is 5.86. The van der Waals surface area contributed by atoms with Gasteiger partial charge >= 0.3 is 0 Å². The number of hydrogen-bond donors (Lipinski definition) is 1. The summed E-state index contributed by atoms with van der Waals surface area (Å²) < 4.78 is 0. The fraction of sp³-hybridized carbons (Fsp3) is 0.667. The minimum absolute atomic E-state index is 0. The minimum Gasteiger partial charge on any atom is -0.412 e. The molecule has 0 aromatic carbocycles. The molecule has 0 saturated heterocycles. The van der Waals surface area contributed by atoms with Crippen LogP contribution in [0.2, 0.25) is 0 Å². The molecule has 0 heterocycles. The molecule has 0 bridgehead atoms. The lowest BCUT2D eigenvalue weighted by molar-refractivity contribution is 0.332. The van der Waals surface area contributed by atoms with Crippen molar-refractivity contribution in [2.45, 2.75) is 20.8 Å². The van der Waals surface area contributed by atoms with Gasteiger partial charge in [-0.2, -0.15) is 0 Å². The van der Waals surface area contributed by atoms with Crippen molar-refractivity contribution in [3.05, 3.63) is 12.2 Å². The summed E-state index contributed by atoms with van der Waals surface area (Å²) in [6.07, 6.45) is 0. The van der Waals surface area contributed by atoms with Crippen LogP contribution in [0.5, 0.6) is 0 Å². The molecule has 0 aromatic heterocycles. The smallest absolute Gasteiger partial charge is 0.0636 e. The van der Waals surface area contributed by atoms with Crippen LogP contribution in [0.15, 0.2) is 12.2 Å². The SMILES string of the molecule is C=C(C)CO.CC.O. The van der Waals surface area contributed by atoms with Gasteiger partial charge in [0.05, 0.1) is 6.61 Å². The second-order valence-corrected chi connectivity index (χ2v) is 1.12. The van der Waals surface area contributed by atoms with Crippen molar-refractivity contribution in [2.75, 3.05) is 6.61 Å². The van der Waals surface area contributed by atoms with Gasteiger partial charge in [-0.3, -0.25) is 0 Å². The van der Waals surface area contributed by atoms with E-state index in [0.29, 0.717) is 0 Å². The highest BCUT2D eigenvalue weighted by atomic mass is 16.3. The lowest BCUT2D eigenvalue weighted by Crippen LogP contribution is -1.76. The third kappa shape index (κ3) is 44.6. The molecule has 0 aliphatic rings. The maximum Gasteiger partial charge on any atom is 0.0636 e. The summed E-state index contributed by atoms with van der Waals surface area (Å²) in [6, 6.07) is 0. The second-order valence-electron chi connectivity index (χ2n) is 1.12. The topological polar surface area (TPSA) is 51.7 Å². The Kier molecular flexibility index (Phi) is 31.2. The summed E-state index contributed by atoms with van der Waals surface area (Å²) in [5, 5.41) is 8.04. The molecular formula is C6H16O2. The predicted octanol–water partition coefficient (Wildman–Crippen LogP) is 0.756. The molecule has 0 saturated carbocycles. The van der Waals surface area contributed by atoms with Gasteiger partial charge in [-0.25, -0.2) is 0 Å². The summed E-state index contributed by atoms with van der Waals surface area (Å²) in [4.78, 5) is 0. The highest BCUT2D eigenvalue weighted by molar-refractivity contribution is 4.85. The monoisotopic (exact) mass is 120 g/mol. The number of hydrogen-bond acceptors (Lipinski definition) is 1. The largest absolute Gasteiger partial charge is 0.412 e. The van der Waals surface area contributed by atoms with E-state index in [2.05, 4.69) is 6.58 Å². The van der Waals surface area contributed by atoms with Crippen molar-refractivity contribution in [2.24, 2.45) is 0 Å². The van der Waals surface area contributed by atoms with Crippen LogP contribution in [0.1, 0.15) is 20.8 Å². The van der Waals surface area contributed by atoms with E-state index in [9.17, 15) is 0 Å². The third-order valence-corrected chi connectivity index (χ3v) is 0.270. The van der Waals surface area contributed by atoms with Gasteiger partial charge in [-0.05, 0) is 6.92 Å². The Morgan fingerprint density at radius 1 is 1.50 bits per heavy atom. The van der Waals surface area contributed by atoms with E-state index >= 15 is 0 Å². The molecule has 0 aliphatic heterocycles. The molecule has 0 aromatic rings. The molecule has 2 nitrogen and oxygen atoms in total. The number of rotatable bonds is 1. The average molecular weight is 120 g/mol. The molecule has 2 heteroatoms.